The van der Waals surface area contributed by atoms with E-state index in [0.717, 1.165) is 0 Å². The predicted molar refractivity (Wildman–Crippen MR) is 117 cm³/mol. The minimum absolute atomic E-state index is 0.0708. The Morgan fingerprint density at radius 2 is 1.45 bits per heavy atom. The van der Waals surface area contributed by atoms with Crippen LogP contribution >= 0.6 is 0 Å². The van der Waals surface area contributed by atoms with Crippen molar-refractivity contribution in [3.05, 3.63) is 0 Å². The molecule has 3 saturated heterocycles. The number of rotatable bonds is 6. The van der Waals surface area contributed by atoms with Crippen molar-refractivity contribution in [1.82, 2.24) is 0 Å². The van der Waals surface area contributed by atoms with Crippen LogP contribution in [0.2, 0.25) is 0 Å². The number of aliphatic hydroxyl groups is 7. The Bertz CT molecular complexity index is 964. The third kappa shape index (κ3) is 4.87. The Morgan fingerprint density at radius 3 is 2.00 bits per heavy atom. The van der Waals surface area contributed by atoms with Crippen LogP contribution in [0.4, 0.5) is 0 Å². The van der Waals surface area contributed by atoms with Crippen LogP contribution in [0.3, 0.4) is 0 Å². The summed E-state index contributed by atoms with van der Waals surface area (Å²) in [5.74, 6) is -5.87. The Morgan fingerprint density at radius 1 is 0.868 bits per heavy atom. The summed E-state index contributed by atoms with van der Waals surface area (Å²) >= 11 is 0. The van der Waals surface area contributed by atoms with Crippen LogP contribution in [-0.2, 0) is 37.7 Å². The van der Waals surface area contributed by atoms with Gasteiger partial charge in [-0.2, -0.15) is 8.42 Å². The fourth-order valence-corrected chi connectivity index (χ4v) is 6.12. The number of hydrogen-bond donors (Lipinski definition) is 11. The van der Waals surface area contributed by atoms with E-state index in [0.29, 0.717) is 0 Å². The molecule has 0 spiro atoms. The van der Waals surface area contributed by atoms with Gasteiger partial charge in [-0.05, 0) is 6.42 Å². The van der Waals surface area contributed by atoms with Crippen molar-refractivity contribution in [1.29, 1.82) is 0 Å². The molecule has 3 aliphatic heterocycles. The van der Waals surface area contributed by atoms with E-state index in [1.165, 1.54) is 0 Å². The zero-order valence-electron chi connectivity index (χ0n) is 19.7. The molecule has 15 N–H and O–H groups in total. The summed E-state index contributed by atoms with van der Waals surface area (Å²) in [6.45, 7) is -1.55. The van der Waals surface area contributed by atoms with Gasteiger partial charge in [0.2, 0.25) is 0 Å². The third-order valence-corrected chi connectivity index (χ3v) is 8.10. The fourth-order valence-electron chi connectivity index (χ4n) is 4.99. The van der Waals surface area contributed by atoms with Crippen LogP contribution in [0.5, 0.6) is 0 Å². The highest BCUT2D eigenvalue weighted by Gasteiger charge is 2.74. The van der Waals surface area contributed by atoms with Gasteiger partial charge in [-0.3, -0.25) is 0 Å². The third-order valence-electron chi connectivity index (χ3n) is 7.17. The van der Waals surface area contributed by atoms with E-state index in [9.17, 15) is 44.2 Å². The van der Waals surface area contributed by atoms with Gasteiger partial charge in [0.15, 0.2) is 12.6 Å². The molecule has 222 valence electrons. The summed E-state index contributed by atoms with van der Waals surface area (Å²) in [5, 5.41) is 72.5. The van der Waals surface area contributed by atoms with E-state index in [-0.39, 0.29) is 6.42 Å². The molecular weight excluding hydrogens is 544 g/mol. The lowest BCUT2D eigenvalue weighted by Crippen LogP contribution is -2.74. The van der Waals surface area contributed by atoms with Crippen LogP contribution in [0.25, 0.3) is 0 Å². The first-order chi connectivity index (χ1) is 17.6. The summed E-state index contributed by atoms with van der Waals surface area (Å²) in [6, 6.07) is -3.29. The minimum Gasteiger partial charge on any atom is -0.394 e. The minimum atomic E-state index is -4.92. The predicted octanol–water partition coefficient (Wildman–Crippen LogP) is -8.34. The average molecular weight is 579 g/mol. The Labute approximate surface area is 216 Å². The van der Waals surface area contributed by atoms with E-state index in [2.05, 4.69) is 8.37 Å². The molecule has 3 heterocycles. The summed E-state index contributed by atoms with van der Waals surface area (Å²) < 4.78 is 54.8. The summed E-state index contributed by atoms with van der Waals surface area (Å²) in [6.07, 6.45) is -16.9. The van der Waals surface area contributed by atoms with Crippen molar-refractivity contribution in [2.75, 3.05) is 13.2 Å². The molecule has 0 bridgehead atoms. The molecule has 15 unspecified atom stereocenters. The largest absolute Gasteiger partial charge is 0.405 e. The molecule has 1 aliphatic carbocycles. The molecule has 4 rings (SSSR count). The van der Waals surface area contributed by atoms with E-state index in [1.807, 2.05) is 0 Å². The van der Waals surface area contributed by atoms with E-state index in [1.54, 1.807) is 0 Å². The molecular formula is C18H34N4O15S. The topological polar surface area (TPSA) is 335 Å². The monoisotopic (exact) mass is 578 g/mol. The second kappa shape index (κ2) is 10.6. The summed E-state index contributed by atoms with van der Waals surface area (Å²) in [4.78, 5) is 0. The number of nitrogens with two attached hydrogens (primary N) is 4. The molecule has 0 aromatic rings. The maximum Gasteiger partial charge on any atom is 0.405 e. The van der Waals surface area contributed by atoms with Crippen molar-refractivity contribution >= 4 is 10.4 Å². The second-order valence-electron chi connectivity index (χ2n) is 9.69. The van der Waals surface area contributed by atoms with Gasteiger partial charge in [0.25, 0.3) is 11.6 Å². The molecule has 1 saturated carbocycles. The smallest absolute Gasteiger partial charge is 0.394 e. The van der Waals surface area contributed by atoms with Crippen molar-refractivity contribution in [3.8, 4) is 0 Å². The standard InChI is InChI=1S/C18H34N4O15S/c19-3-17-18(29,37-38(30,31)36-17)14(28)11(27)16(35-17)34-13-5(21)1-4(20)12(10(13)26)33-15-9(25)7(22)8(24)6(2-23)32-15/h4-16,23-29H,1-3,19-22H2. The zero-order valence-corrected chi connectivity index (χ0v) is 20.6. The lowest BCUT2D eigenvalue weighted by Gasteiger charge is -2.50. The zero-order chi connectivity index (χ0) is 28.4. The normalized spacial score (nSPS) is 55.0. The van der Waals surface area contributed by atoms with Crippen molar-refractivity contribution < 1.29 is 71.5 Å². The van der Waals surface area contributed by atoms with Gasteiger partial charge >= 0.3 is 10.4 Å². The molecule has 0 radical (unpaired) electrons. The molecule has 0 amide bonds. The quantitative estimate of drug-likeness (QED) is 0.139. The highest BCUT2D eigenvalue weighted by atomic mass is 32.3. The Hall–Kier alpha value is -0.730. The first-order valence-corrected chi connectivity index (χ1v) is 13.0. The molecule has 0 aromatic heterocycles. The van der Waals surface area contributed by atoms with Gasteiger partial charge in [-0.15, -0.1) is 0 Å². The van der Waals surface area contributed by atoms with Crippen LogP contribution in [0.15, 0.2) is 0 Å². The van der Waals surface area contributed by atoms with Crippen molar-refractivity contribution in [2.24, 2.45) is 22.9 Å². The number of ether oxygens (including phenoxy) is 4. The van der Waals surface area contributed by atoms with E-state index >= 15 is 0 Å². The first-order valence-electron chi connectivity index (χ1n) is 11.6. The van der Waals surface area contributed by atoms with Gasteiger partial charge in [0, 0.05) is 12.1 Å². The highest BCUT2D eigenvalue weighted by molar-refractivity contribution is 7.82. The molecule has 19 nitrogen and oxygen atoms in total. The molecule has 38 heavy (non-hydrogen) atoms. The van der Waals surface area contributed by atoms with E-state index in [4.69, 9.17) is 41.9 Å². The Balaban J connectivity index is 1.53. The molecule has 4 aliphatic rings. The number of hydrogen-bond acceptors (Lipinski definition) is 19. The SMILES string of the molecule is NCC12OC(OC3C(N)CC(N)C(OC4OC(CO)C(O)C(N)C4O)C3O)C(O)C(O)C1(O)OS(=O)(=O)O2. The van der Waals surface area contributed by atoms with Crippen LogP contribution in [0.1, 0.15) is 6.42 Å². The van der Waals surface area contributed by atoms with Crippen LogP contribution in [0, 0.1) is 0 Å². The molecule has 4 fully saturated rings. The number of fused-ring (bicyclic) bond motifs is 1. The lowest BCUT2D eigenvalue weighted by molar-refractivity contribution is -0.438. The van der Waals surface area contributed by atoms with Crippen molar-refractivity contribution in [3.63, 3.8) is 0 Å². The number of aliphatic hydroxyl groups excluding tert-OH is 6. The maximum atomic E-state index is 11.9. The molecule has 0 aromatic carbocycles. The first kappa shape index (κ1) is 30.2. The van der Waals surface area contributed by atoms with Crippen LogP contribution in [-0.4, -0.2) is 148 Å². The highest BCUT2D eigenvalue weighted by Crippen LogP contribution is 2.47. The molecule has 20 heteroatoms. The van der Waals surface area contributed by atoms with Gasteiger partial charge in [-0.1, -0.05) is 0 Å². The second-order valence-corrected chi connectivity index (χ2v) is 10.8. The fraction of sp³-hybridized carbons (Fsp3) is 1.00. The van der Waals surface area contributed by atoms with Gasteiger partial charge in [-0.25, -0.2) is 8.37 Å². The van der Waals surface area contributed by atoms with Gasteiger partial charge in [0.05, 0.1) is 19.2 Å². The van der Waals surface area contributed by atoms with Crippen LogP contribution < -0.4 is 22.9 Å². The van der Waals surface area contributed by atoms with Crippen molar-refractivity contribution in [2.45, 2.75) is 97.5 Å². The van der Waals surface area contributed by atoms with E-state index < -0.39 is 115 Å². The average Bonchev–Trinajstić information content (AvgIpc) is 3.07. The summed E-state index contributed by atoms with van der Waals surface area (Å²) in [5.41, 5.74) is 23.5. The maximum absolute atomic E-state index is 11.9. The van der Waals surface area contributed by atoms with Gasteiger partial charge < -0.3 is 77.6 Å². The lowest BCUT2D eigenvalue weighted by atomic mass is 9.84. The van der Waals surface area contributed by atoms with Gasteiger partial charge in [0.1, 0.15) is 48.8 Å². The molecule has 15 atom stereocenters. The summed E-state index contributed by atoms with van der Waals surface area (Å²) in [7, 11) is -4.92. The Kier molecular flexibility index (Phi) is 8.43.